The predicted molar refractivity (Wildman–Crippen MR) is 62.7 cm³/mol. The van der Waals surface area contributed by atoms with Crippen LogP contribution < -0.4 is 4.90 Å². The molecule has 2 heterocycles. The van der Waals surface area contributed by atoms with Gasteiger partial charge in [0.2, 0.25) is 5.91 Å². The smallest absolute Gasteiger partial charge is 0.307 e. The van der Waals surface area contributed by atoms with Gasteiger partial charge in [-0.2, -0.15) is 8.42 Å². The van der Waals surface area contributed by atoms with Crippen molar-refractivity contribution in [3.63, 3.8) is 0 Å². The molecule has 5 nitrogen and oxygen atoms in total. The Hall–Kier alpha value is -1.02. The molecule has 1 saturated heterocycles. The molecule has 1 aliphatic heterocycles. The van der Waals surface area contributed by atoms with E-state index in [9.17, 15) is 17.1 Å². The Morgan fingerprint density at radius 2 is 2.24 bits per heavy atom. The van der Waals surface area contributed by atoms with Crippen LogP contribution in [0.15, 0.2) is 22.9 Å². The minimum absolute atomic E-state index is 0.166. The molecule has 1 aromatic rings. The molecule has 8 heteroatoms. The molecule has 1 fully saturated rings. The number of rotatable bonds is 2. The average molecular weight is 323 g/mol. The molecule has 1 atom stereocenters. The third-order valence-electron chi connectivity index (χ3n) is 2.53. The molecule has 1 amide bonds. The fourth-order valence-electron chi connectivity index (χ4n) is 1.68. The van der Waals surface area contributed by atoms with Gasteiger partial charge in [0.05, 0.1) is 10.2 Å². The number of aromatic nitrogens is 1. The van der Waals surface area contributed by atoms with Crippen molar-refractivity contribution in [3.8, 4) is 0 Å². The molecule has 0 N–H and O–H groups in total. The van der Waals surface area contributed by atoms with Crippen molar-refractivity contribution >= 4 is 37.7 Å². The van der Waals surface area contributed by atoms with E-state index >= 15 is 0 Å². The van der Waals surface area contributed by atoms with Crippen LogP contribution in [0.4, 0.5) is 9.57 Å². The molecule has 92 valence electrons. The first-order chi connectivity index (χ1) is 7.89. The lowest BCUT2D eigenvalue weighted by Crippen LogP contribution is -2.27. The largest absolute Gasteiger partial charge is 0.310 e. The Morgan fingerprint density at radius 3 is 2.76 bits per heavy atom. The topological polar surface area (TPSA) is 67.3 Å². The van der Waals surface area contributed by atoms with E-state index in [4.69, 9.17) is 0 Å². The van der Waals surface area contributed by atoms with Gasteiger partial charge in [-0.15, -0.1) is 3.89 Å². The lowest BCUT2D eigenvalue weighted by molar-refractivity contribution is -0.117. The molecule has 1 aliphatic rings. The number of amides is 1. The first kappa shape index (κ1) is 12.4. The molecular weight excluding hydrogens is 315 g/mol. The molecule has 0 radical (unpaired) electrons. The summed E-state index contributed by atoms with van der Waals surface area (Å²) in [4.78, 5) is 16.7. The Bertz CT molecular complexity index is 563. The van der Waals surface area contributed by atoms with Crippen molar-refractivity contribution in [2.45, 2.75) is 11.7 Å². The quantitative estimate of drug-likeness (QED) is 0.768. The summed E-state index contributed by atoms with van der Waals surface area (Å²) in [5.41, 5.74) is 0.496. The van der Waals surface area contributed by atoms with Crippen molar-refractivity contribution in [1.29, 1.82) is 0 Å². The van der Waals surface area contributed by atoms with E-state index in [-0.39, 0.29) is 13.0 Å². The fourth-order valence-corrected chi connectivity index (χ4v) is 2.82. The summed E-state index contributed by atoms with van der Waals surface area (Å²) in [5, 5.41) is -1.28. The summed E-state index contributed by atoms with van der Waals surface area (Å²) < 4.78 is 34.9. The van der Waals surface area contributed by atoms with Crippen LogP contribution in [0.2, 0.25) is 0 Å². The van der Waals surface area contributed by atoms with E-state index in [0.29, 0.717) is 10.2 Å². The maximum Gasteiger partial charge on any atom is 0.307 e. The summed E-state index contributed by atoms with van der Waals surface area (Å²) in [6.07, 6.45) is 2.64. The summed E-state index contributed by atoms with van der Waals surface area (Å²) in [6, 6.07) is 1.56. The maximum atomic E-state index is 12.8. The molecule has 2 rings (SSSR count). The van der Waals surface area contributed by atoms with Crippen LogP contribution >= 0.6 is 15.9 Å². The lowest BCUT2D eigenvalue weighted by atomic mass is 10.3. The van der Waals surface area contributed by atoms with Crippen LogP contribution in [0.3, 0.4) is 0 Å². The van der Waals surface area contributed by atoms with Crippen LogP contribution in [0, 0.1) is 0 Å². The monoisotopic (exact) mass is 322 g/mol. The van der Waals surface area contributed by atoms with Crippen molar-refractivity contribution in [3.05, 3.63) is 22.9 Å². The highest BCUT2D eigenvalue weighted by molar-refractivity contribution is 9.10. The highest BCUT2D eigenvalue weighted by atomic mass is 79.9. The Labute approximate surface area is 106 Å². The molecule has 1 aromatic heterocycles. The number of carbonyl (C=O) groups is 1. The van der Waals surface area contributed by atoms with E-state index in [1.165, 1.54) is 17.3 Å². The number of halogens is 2. The number of pyridine rings is 1. The van der Waals surface area contributed by atoms with Gasteiger partial charge < -0.3 is 4.90 Å². The van der Waals surface area contributed by atoms with Crippen LogP contribution in [0.1, 0.15) is 6.42 Å². The molecule has 0 aromatic carbocycles. The number of carbonyl (C=O) groups excluding carboxylic acids is 1. The number of nitrogens with zero attached hydrogens (tertiary/aromatic N) is 2. The molecule has 0 aliphatic carbocycles. The van der Waals surface area contributed by atoms with Gasteiger partial charge in [0.1, 0.15) is 5.25 Å². The molecule has 1 unspecified atom stereocenters. The van der Waals surface area contributed by atoms with E-state index in [0.717, 1.165) is 0 Å². The summed E-state index contributed by atoms with van der Waals surface area (Å²) >= 11 is 3.20. The van der Waals surface area contributed by atoms with Gasteiger partial charge in [0.25, 0.3) is 0 Å². The first-order valence-corrected chi connectivity index (χ1v) is 6.97. The predicted octanol–water partition coefficient (Wildman–Crippen LogP) is 1.25. The SMILES string of the molecule is O=C1CC(S(=O)(=O)F)CN1c1ccncc1Br. The zero-order valence-electron chi connectivity index (χ0n) is 8.51. The lowest BCUT2D eigenvalue weighted by Gasteiger charge is -2.17. The van der Waals surface area contributed by atoms with Gasteiger partial charge in [-0.05, 0) is 22.0 Å². The number of hydrogen-bond donors (Lipinski definition) is 0. The van der Waals surface area contributed by atoms with Crippen LogP contribution in [0.25, 0.3) is 0 Å². The van der Waals surface area contributed by atoms with E-state index < -0.39 is 21.4 Å². The van der Waals surface area contributed by atoms with Crippen LogP contribution in [0.5, 0.6) is 0 Å². The van der Waals surface area contributed by atoms with Gasteiger partial charge in [0, 0.05) is 25.4 Å². The van der Waals surface area contributed by atoms with Gasteiger partial charge >= 0.3 is 10.2 Å². The van der Waals surface area contributed by atoms with Crippen molar-refractivity contribution < 1.29 is 17.1 Å². The number of hydrogen-bond acceptors (Lipinski definition) is 4. The second-order valence-electron chi connectivity index (χ2n) is 3.63. The highest BCUT2D eigenvalue weighted by Crippen LogP contribution is 2.30. The van der Waals surface area contributed by atoms with E-state index in [1.807, 2.05) is 0 Å². The molecular formula is C9H8BrFN2O3S. The second-order valence-corrected chi connectivity index (χ2v) is 6.11. The summed E-state index contributed by atoms with van der Waals surface area (Å²) in [6.45, 7) is -0.166. The third-order valence-corrected chi connectivity index (χ3v) is 4.25. The Kier molecular flexibility index (Phi) is 3.17. The van der Waals surface area contributed by atoms with Crippen LogP contribution in [-0.2, 0) is 15.0 Å². The van der Waals surface area contributed by atoms with Gasteiger partial charge in [-0.3, -0.25) is 9.78 Å². The van der Waals surface area contributed by atoms with Gasteiger partial charge in [0.15, 0.2) is 0 Å². The van der Waals surface area contributed by atoms with E-state index in [2.05, 4.69) is 20.9 Å². The average Bonchev–Trinajstić information content (AvgIpc) is 2.61. The Morgan fingerprint density at radius 1 is 1.53 bits per heavy atom. The zero-order valence-corrected chi connectivity index (χ0v) is 10.9. The first-order valence-electron chi connectivity index (χ1n) is 4.73. The van der Waals surface area contributed by atoms with Crippen molar-refractivity contribution in [2.75, 3.05) is 11.4 Å². The second kappa shape index (κ2) is 4.34. The normalized spacial score (nSPS) is 20.9. The molecule has 17 heavy (non-hydrogen) atoms. The molecule has 0 saturated carbocycles. The minimum atomic E-state index is -4.68. The summed E-state index contributed by atoms with van der Waals surface area (Å²) in [5.74, 6) is -0.414. The number of anilines is 1. The van der Waals surface area contributed by atoms with Gasteiger partial charge in [-0.25, -0.2) is 0 Å². The van der Waals surface area contributed by atoms with Crippen LogP contribution in [-0.4, -0.2) is 31.1 Å². The third kappa shape index (κ3) is 2.47. The fraction of sp³-hybridized carbons (Fsp3) is 0.333. The van der Waals surface area contributed by atoms with E-state index in [1.54, 1.807) is 6.07 Å². The Balaban J connectivity index is 2.31. The summed E-state index contributed by atoms with van der Waals surface area (Å²) in [7, 11) is -4.68. The zero-order chi connectivity index (χ0) is 12.6. The van der Waals surface area contributed by atoms with Crippen molar-refractivity contribution in [1.82, 2.24) is 4.98 Å². The standard InChI is InChI=1S/C9H8BrFN2O3S/c10-7-4-12-2-1-8(7)13-5-6(3-9(13)14)17(11,15)16/h1-2,4,6H,3,5H2. The molecule has 0 spiro atoms. The highest BCUT2D eigenvalue weighted by Gasteiger charge is 2.39. The minimum Gasteiger partial charge on any atom is -0.310 e. The van der Waals surface area contributed by atoms with Gasteiger partial charge in [-0.1, -0.05) is 0 Å². The molecule has 0 bridgehead atoms. The van der Waals surface area contributed by atoms with Crippen molar-refractivity contribution in [2.24, 2.45) is 0 Å². The maximum absolute atomic E-state index is 12.8.